The van der Waals surface area contributed by atoms with Crippen molar-refractivity contribution in [1.82, 2.24) is 10.2 Å². The second-order valence-electron chi connectivity index (χ2n) is 4.01. The molecule has 0 aromatic carbocycles. The van der Waals surface area contributed by atoms with E-state index < -0.39 is 10.0 Å². The molecular formula is C9H7Cl2N3O2S3. The Labute approximate surface area is 127 Å². The van der Waals surface area contributed by atoms with Gasteiger partial charge in [0.1, 0.15) is 14.2 Å². The summed E-state index contributed by atoms with van der Waals surface area (Å²) in [7, 11) is -3.76. The number of sulfonamides is 1. The number of anilines is 1. The van der Waals surface area contributed by atoms with Gasteiger partial charge >= 0.3 is 0 Å². The van der Waals surface area contributed by atoms with Gasteiger partial charge in [-0.1, -0.05) is 34.5 Å². The van der Waals surface area contributed by atoms with Crippen LogP contribution < -0.4 is 4.72 Å². The van der Waals surface area contributed by atoms with E-state index in [-0.39, 0.29) is 14.4 Å². The minimum absolute atomic E-state index is 0.0349. The molecule has 10 heteroatoms. The van der Waals surface area contributed by atoms with Crippen LogP contribution in [-0.2, 0) is 10.0 Å². The average Bonchev–Trinajstić information content (AvgIpc) is 2.97. The first-order valence-corrected chi connectivity index (χ1v) is 9.14. The fraction of sp³-hybridized carbons (Fsp3) is 0.333. The monoisotopic (exact) mass is 355 g/mol. The summed E-state index contributed by atoms with van der Waals surface area (Å²) in [5.74, 6) is 0.440. The summed E-state index contributed by atoms with van der Waals surface area (Å²) in [6.45, 7) is 0. The lowest BCUT2D eigenvalue weighted by Gasteiger charge is -2.02. The van der Waals surface area contributed by atoms with Crippen LogP contribution in [0.4, 0.5) is 5.13 Å². The van der Waals surface area contributed by atoms with E-state index >= 15 is 0 Å². The van der Waals surface area contributed by atoms with Crippen LogP contribution >= 0.6 is 45.9 Å². The predicted octanol–water partition coefficient (Wildman–Crippen LogP) is 3.58. The van der Waals surface area contributed by atoms with Gasteiger partial charge < -0.3 is 0 Å². The highest BCUT2D eigenvalue weighted by Gasteiger charge is 2.29. The van der Waals surface area contributed by atoms with Crippen molar-refractivity contribution >= 4 is 61.0 Å². The molecule has 5 nitrogen and oxygen atoms in total. The lowest BCUT2D eigenvalue weighted by Crippen LogP contribution is -2.12. The molecule has 0 bridgehead atoms. The zero-order valence-corrected chi connectivity index (χ0v) is 13.2. The van der Waals surface area contributed by atoms with Crippen molar-refractivity contribution in [2.75, 3.05) is 4.72 Å². The van der Waals surface area contributed by atoms with Gasteiger partial charge in [-0.15, -0.1) is 21.5 Å². The molecule has 2 heterocycles. The lowest BCUT2D eigenvalue weighted by molar-refractivity contribution is 0.601. The normalized spacial score (nSPS) is 15.7. The number of nitrogens with zero attached hydrogens (tertiary/aromatic N) is 2. The largest absolute Gasteiger partial charge is 0.266 e. The van der Waals surface area contributed by atoms with Gasteiger partial charge in [0.2, 0.25) is 5.13 Å². The maximum absolute atomic E-state index is 12.1. The molecule has 1 N–H and O–H groups in total. The van der Waals surface area contributed by atoms with Crippen LogP contribution in [0.15, 0.2) is 11.0 Å². The van der Waals surface area contributed by atoms with E-state index in [1.165, 1.54) is 17.4 Å². The van der Waals surface area contributed by atoms with Gasteiger partial charge in [0, 0.05) is 5.92 Å². The summed E-state index contributed by atoms with van der Waals surface area (Å²) in [5, 5.41) is 8.92. The topological polar surface area (TPSA) is 72.0 Å². The van der Waals surface area contributed by atoms with E-state index in [1.54, 1.807) is 0 Å². The molecule has 2 aromatic heterocycles. The molecule has 0 amide bonds. The Morgan fingerprint density at radius 1 is 1.26 bits per heavy atom. The minimum Gasteiger partial charge on any atom is -0.253 e. The Balaban J connectivity index is 1.86. The maximum Gasteiger partial charge on any atom is 0.266 e. The van der Waals surface area contributed by atoms with E-state index in [0.29, 0.717) is 10.3 Å². The molecule has 0 saturated heterocycles. The summed E-state index contributed by atoms with van der Waals surface area (Å²) in [6, 6.07) is 1.32. The quantitative estimate of drug-likeness (QED) is 0.909. The van der Waals surface area contributed by atoms with Gasteiger partial charge in [0.15, 0.2) is 0 Å². The van der Waals surface area contributed by atoms with E-state index in [1.807, 2.05) is 0 Å². The molecule has 2 aromatic rings. The number of aromatic nitrogens is 2. The molecule has 0 unspecified atom stereocenters. The van der Waals surface area contributed by atoms with Gasteiger partial charge in [-0.25, -0.2) is 8.42 Å². The maximum atomic E-state index is 12.1. The first-order valence-electron chi connectivity index (χ1n) is 5.27. The molecular weight excluding hydrogens is 349 g/mol. The molecule has 1 saturated carbocycles. The highest BCUT2D eigenvalue weighted by molar-refractivity contribution is 7.93. The van der Waals surface area contributed by atoms with Gasteiger partial charge in [0.25, 0.3) is 10.0 Å². The van der Waals surface area contributed by atoms with Gasteiger partial charge in [-0.05, 0) is 18.9 Å². The van der Waals surface area contributed by atoms with Crippen molar-refractivity contribution in [3.8, 4) is 0 Å². The Kier molecular flexibility index (Phi) is 3.46. The molecule has 1 aliphatic rings. The van der Waals surface area contributed by atoms with Crippen molar-refractivity contribution in [3.05, 3.63) is 19.7 Å². The molecule has 0 atom stereocenters. The third-order valence-corrected chi connectivity index (χ3v) is 6.73. The molecule has 102 valence electrons. The number of rotatable bonds is 4. The third-order valence-electron chi connectivity index (χ3n) is 2.50. The van der Waals surface area contributed by atoms with Crippen LogP contribution in [0.5, 0.6) is 0 Å². The van der Waals surface area contributed by atoms with E-state index in [2.05, 4.69) is 14.9 Å². The summed E-state index contributed by atoms with van der Waals surface area (Å²) in [4.78, 5) is -0.0349. The SMILES string of the molecule is O=S(=O)(Nc1nnc(C2CC2)s1)c1cc(Cl)sc1Cl. The lowest BCUT2D eigenvalue weighted by atomic mass is 10.5. The van der Waals surface area contributed by atoms with Crippen LogP contribution in [0.3, 0.4) is 0 Å². The molecule has 0 radical (unpaired) electrons. The zero-order chi connectivity index (χ0) is 13.6. The number of hydrogen-bond donors (Lipinski definition) is 1. The second kappa shape index (κ2) is 4.85. The highest BCUT2D eigenvalue weighted by atomic mass is 35.5. The fourth-order valence-electron chi connectivity index (χ4n) is 1.45. The number of nitrogens with one attached hydrogen (secondary N) is 1. The summed E-state index contributed by atoms with van der Waals surface area (Å²) in [5.41, 5.74) is 0. The summed E-state index contributed by atoms with van der Waals surface area (Å²) >= 11 is 13.8. The first kappa shape index (κ1) is 13.6. The minimum atomic E-state index is -3.76. The van der Waals surface area contributed by atoms with Crippen LogP contribution in [-0.4, -0.2) is 18.6 Å². The van der Waals surface area contributed by atoms with Gasteiger partial charge in [0.05, 0.1) is 4.34 Å². The van der Waals surface area contributed by atoms with Crippen molar-refractivity contribution in [1.29, 1.82) is 0 Å². The van der Waals surface area contributed by atoms with Crippen molar-refractivity contribution in [2.45, 2.75) is 23.7 Å². The van der Waals surface area contributed by atoms with Crippen LogP contribution in [0.1, 0.15) is 23.8 Å². The van der Waals surface area contributed by atoms with Crippen molar-refractivity contribution in [2.24, 2.45) is 0 Å². The Bertz CT molecular complexity index is 721. The Morgan fingerprint density at radius 3 is 2.58 bits per heavy atom. The number of hydrogen-bond acceptors (Lipinski definition) is 6. The fourth-order valence-corrected chi connectivity index (χ4v) is 5.74. The van der Waals surface area contributed by atoms with E-state index in [9.17, 15) is 8.42 Å². The third kappa shape index (κ3) is 2.87. The van der Waals surface area contributed by atoms with Crippen molar-refractivity contribution in [3.63, 3.8) is 0 Å². The van der Waals surface area contributed by atoms with E-state index in [0.717, 1.165) is 29.2 Å². The molecule has 1 aliphatic carbocycles. The Morgan fingerprint density at radius 2 is 2.00 bits per heavy atom. The Hall–Kier alpha value is -0.410. The second-order valence-corrected chi connectivity index (χ2v) is 8.96. The molecule has 0 aliphatic heterocycles. The molecule has 1 fully saturated rings. The molecule has 19 heavy (non-hydrogen) atoms. The van der Waals surface area contributed by atoms with Gasteiger partial charge in [-0.3, -0.25) is 4.72 Å². The first-order chi connectivity index (χ1) is 8.95. The molecule has 0 spiro atoms. The zero-order valence-electron chi connectivity index (χ0n) is 9.26. The average molecular weight is 356 g/mol. The standard InChI is InChI=1S/C9H7Cl2N3O2S3/c10-6-3-5(7(11)17-6)19(15,16)14-9-13-12-8(18-9)4-1-2-4/h3-4H,1-2H2,(H,13,14). The van der Waals surface area contributed by atoms with Crippen molar-refractivity contribution < 1.29 is 8.42 Å². The van der Waals surface area contributed by atoms with Gasteiger partial charge in [-0.2, -0.15) is 0 Å². The summed E-state index contributed by atoms with van der Waals surface area (Å²) < 4.78 is 27.1. The highest BCUT2D eigenvalue weighted by Crippen LogP contribution is 2.42. The molecule has 3 rings (SSSR count). The van der Waals surface area contributed by atoms with E-state index in [4.69, 9.17) is 23.2 Å². The van der Waals surface area contributed by atoms with Crippen LogP contribution in [0.2, 0.25) is 8.67 Å². The predicted molar refractivity (Wildman–Crippen MR) is 77.0 cm³/mol. The van der Waals surface area contributed by atoms with Crippen LogP contribution in [0, 0.1) is 0 Å². The smallest absolute Gasteiger partial charge is 0.253 e. The number of thiophene rings is 1. The summed E-state index contributed by atoms with van der Waals surface area (Å²) in [6.07, 6.45) is 2.18. The number of halogens is 2. The van der Waals surface area contributed by atoms with Crippen LogP contribution in [0.25, 0.3) is 0 Å².